The van der Waals surface area contributed by atoms with Crippen LogP contribution in [0.2, 0.25) is 0 Å². The Morgan fingerprint density at radius 3 is 3.00 bits per heavy atom. The van der Waals surface area contributed by atoms with Gasteiger partial charge in [0.2, 0.25) is 6.41 Å². The van der Waals surface area contributed by atoms with Crippen molar-refractivity contribution in [1.82, 2.24) is 9.66 Å². The van der Waals surface area contributed by atoms with E-state index in [2.05, 4.69) is 4.98 Å². The summed E-state index contributed by atoms with van der Waals surface area (Å²) < 4.78 is 1.58. The van der Waals surface area contributed by atoms with E-state index in [4.69, 9.17) is 0 Å². The normalized spacial score (nSPS) is 9.00. The van der Waals surface area contributed by atoms with Gasteiger partial charge in [0.15, 0.2) is 0 Å². The van der Waals surface area contributed by atoms with E-state index in [1.54, 1.807) is 30.4 Å². The molecule has 0 unspecified atom stereocenters. The molecule has 0 N–H and O–H groups in total. The minimum atomic E-state index is 0.710. The molecule has 0 fully saturated rings. The Morgan fingerprint density at radius 1 is 1.78 bits per heavy atom. The first-order valence-electron chi connectivity index (χ1n) is 2.51. The minimum absolute atomic E-state index is 0.710. The Kier molecular flexibility index (Phi) is 1.48. The largest absolute Gasteiger partial charge is 0.277 e. The Hall–Kier alpha value is -1.32. The van der Waals surface area contributed by atoms with E-state index in [9.17, 15) is 4.79 Å². The lowest BCUT2D eigenvalue weighted by atomic mass is 10.9. The second-order valence-corrected chi connectivity index (χ2v) is 1.62. The third-order valence-electron chi connectivity index (χ3n) is 1.01. The van der Waals surface area contributed by atoms with Crippen molar-refractivity contribution in [3.8, 4) is 0 Å². The van der Waals surface area contributed by atoms with Crippen LogP contribution in [-0.2, 0) is 4.79 Å². The lowest BCUT2D eigenvalue weighted by Gasteiger charge is -2.09. The summed E-state index contributed by atoms with van der Waals surface area (Å²) in [5.41, 5.74) is 0. The molecule has 0 spiro atoms. The third kappa shape index (κ3) is 1.07. The Morgan fingerprint density at radius 2 is 2.56 bits per heavy atom. The number of carbonyl (C=O) groups excluding carboxylic acids is 1. The molecule has 0 saturated carbocycles. The predicted molar refractivity (Wildman–Crippen MR) is 32.4 cm³/mol. The number of amides is 1. The van der Waals surface area contributed by atoms with Gasteiger partial charge in [0.25, 0.3) is 0 Å². The van der Waals surface area contributed by atoms with Crippen molar-refractivity contribution in [2.75, 3.05) is 12.1 Å². The molecule has 1 rings (SSSR count). The summed E-state index contributed by atoms with van der Waals surface area (Å²) in [4.78, 5) is 13.8. The zero-order valence-electron chi connectivity index (χ0n) is 5.06. The molecule has 0 radical (unpaired) electrons. The van der Waals surface area contributed by atoms with E-state index >= 15 is 0 Å². The summed E-state index contributed by atoms with van der Waals surface area (Å²) in [6.45, 7) is 0. The number of hydrogen-bond acceptors (Lipinski definition) is 2. The average Bonchev–Trinajstić information content (AvgIpc) is 2.37. The second kappa shape index (κ2) is 2.30. The Balaban J connectivity index is 2.76. The van der Waals surface area contributed by atoms with Crippen molar-refractivity contribution in [2.24, 2.45) is 0 Å². The summed E-state index contributed by atoms with van der Waals surface area (Å²) >= 11 is 0. The molecule has 1 aromatic rings. The second-order valence-electron chi connectivity index (χ2n) is 1.62. The average molecular weight is 125 g/mol. The molecule has 1 heterocycles. The van der Waals surface area contributed by atoms with E-state index in [1.807, 2.05) is 0 Å². The van der Waals surface area contributed by atoms with Gasteiger partial charge in [-0.25, -0.2) is 9.66 Å². The fraction of sp³-hybridized carbons (Fsp3) is 0.200. The highest BCUT2D eigenvalue weighted by atomic mass is 16.1. The number of nitrogens with zero attached hydrogens (tertiary/aromatic N) is 3. The highest BCUT2D eigenvalue weighted by molar-refractivity contribution is 5.59. The van der Waals surface area contributed by atoms with E-state index < -0.39 is 0 Å². The molecule has 9 heavy (non-hydrogen) atoms. The van der Waals surface area contributed by atoms with Crippen LogP contribution in [0.5, 0.6) is 0 Å². The van der Waals surface area contributed by atoms with Crippen molar-refractivity contribution in [2.45, 2.75) is 0 Å². The smallest absolute Gasteiger partial charge is 0.228 e. The van der Waals surface area contributed by atoms with Crippen LogP contribution < -0.4 is 5.01 Å². The maximum atomic E-state index is 10.1. The van der Waals surface area contributed by atoms with Gasteiger partial charge in [-0.3, -0.25) is 9.80 Å². The van der Waals surface area contributed by atoms with Crippen molar-refractivity contribution in [3.05, 3.63) is 18.7 Å². The summed E-state index contributed by atoms with van der Waals surface area (Å²) in [5, 5.41) is 1.38. The standard InChI is InChI=1S/C5H7N3O/c1-7(5-9)8-3-2-6-4-8/h2-5H,1H3. The monoisotopic (exact) mass is 125 g/mol. The van der Waals surface area contributed by atoms with Gasteiger partial charge in [0.05, 0.1) is 0 Å². The summed E-state index contributed by atoms with van der Waals surface area (Å²) in [5.74, 6) is 0. The molecule has 48 valence electrons. The van der Waals surface area contributed by atoms with Gasteiger partial charge in [0.1, 0.15) is 6.33 Å². The quantitative estimate of drug-likeness (QED) is 0.505. The minimum Gasteiger partial charge on any atom is -0.277 e. The van der Waals surface area contributed by atoms with Crippen molar-refractivity contribution >= 4 is 6.41 Å². The van der Waals surface area contributed by atoms with Gasteiger partial charge in [-0.15, -0.1) is 0 Å². The Bertz CT molecular complexity index is 182. The predicted octanol–water partition coefficient (Wildman–Crippen LogP) is -0.393. The number of imidazole rings is 1. The number of aromatic nitrogens is 2. The molecule has 0 saturated heterocycles. The van der Waals surface area contributed by atoms with Crippen LogP contribution in [0.3, 0.4) is 0 Å². The fourth-order valence-corrected chi connectivity index (χ4v) is 0.493. The first-order valence-corrected chi connectivity index (χ1v) is 2.51. The molecule has 4 heteroatoms. The summed E-state index contributed by atoms with van der Waals surface area (Å²) in [7, 11) is 1.65. The van der Waals surface area contributed by atoms with Gasteiger partial charge >= 0.3 is 0 Å². The maximum absolute atomic E-state index is 10.1. The molecule has 0 aliphatic heterocycles. The van der Waals surface area contributed by atoms with E-state index in [0.29, 0.717) is 6.41 Å². The summed E-state index contributed by atoms with van der Waals surface area (Å²) in [6, 6.07) is 0. The van der Waals surface area contributed by atoms with Gasteiger partial charge in [0, 0.05) is 19.4 Å². The van der Waals surface area contributed by atoms with Gasteiger partial charge in [-0.05, 0) is 0 Å². The molecule has 4 nitrogen and oxygen atoms in total. The first-order chi connectivity index (χ1) is 4.34. The molecular formula is C5H7N3O. The molecule has 0 aliphatic rings. The van der Waals surface area contributed by atoms with Crippen LogP contribution in [0.4, 0.5) is 0 Å². The van der Waals surface area contributed by atoms with E-state index in [-0.39, 0.29) is 0 Å². The van der Waals surface area contributed by atoms with Crippen LogP contribution in [-0.4, -0.2) is 23.1 Å². The first kappa shape index (κ1) is 5.81. The summed E-state index contributed by atoms with van der Waals surface area (Å²) in [6.07, 6.45) is 5.56. The third-order valence-corrected chi connectivity index (χ3v) is 1.01. The van der Waals surface area contributed by atoms with Crippen molar-refractivity contribution in [1.29, 1.82) is 0 Å². The maximum Gasteiger partial charge on any atom is 0.228 e. The molecular weight excluding hydrogens is 118 g/mol. The van der Waals surface area contributed by atoms with Gasteiger partial charge < -0.3 is 0 Å². The number of hydrogen-bond donors (Lipinski definition) is 0. The Labute approximate surface area is 52.7 Å². The van der Waals surface area contributed by atoms with E-state index in [1.165, 1.54) is 5.01 Å². The number of rotatable bonds is 2. The van der Waals surface area contributed by atoms with Crippen LogP contribution in [0.15, 0.2) is 18.7 Å². The lowest BCUT2D eigenvalue weighted by molar-refractivity contribution is -0.108. The molecule has 0 bridgehead atoms. The van der Waals surface area contributed by atoms with E-state index in [0.717, 1.165) is 0 Å². The molecule has 0 atom stereocenters. The number of carbonyl (C=O) groups is 1. The lowest BCUT2D eigenvalue weighted by Crippen LogP contribution is -2.26. The molecule has 1 amide bonds. The zero-order valence-corrected chi connectivity index (χ0v) is 5.06. The van der Waals surface area contributed by atoms with Crippen LogP contribution >= 0.6 is 0 Å². The highest BCUT2D eigenvalue weighted by Crippen LogP contribution is 1.81. The molecule has 0 aliphatic carbocycles. The van der Waals surface area contributed by atoms with Crippen LogP contribution in [0, 0.1) is 0 Å². The zero-order chi connectivity index (χ0) is 6.69. The SMILES string of the molecule is CN(C=O)n1ccnc1. The van der Waals surface area contributed by atoms with Gasteiger partial charge in [-0.2, -0.15) is 0 Å². The topological polar surface area (TPSA) is 38.1 Å². The molecule has 0 aromatic carbocycles. The fourth-order valence-electron chi connectivity index (χ4n) is 0.493. The van der Waals surface area contributed by atoms with Crippen molar-refractivity contribution < 1.29 is 4.79 Å². The van der Waals surface area contributed by atoms with Crippen LogP contribution in [0.25, 0.3) is 0 Å². The van der Waals surface area contributed by atoms with Crippen molar-refractivity contribution in [3.63, 3.8) is 0 Å². The molecule has 1 aromatic heterocycles. The highest BCUT2D eigenvalue weighted by Gasteiger charge is 1.90. The van der Waals surface area contributed by atoms with Crippen LogP contribution in [0.1, 0.15) is 0 Å². The van der Waals surface area contributed by atoms with Gasteiger partial charge in [-0.1, -0.05) is 0 Å².